The van der Waals surface area contributed by atoms with E-state index in [-0.39, 0.29) is 21.9 Å². The van der Waals surface area contributed by atoms with E-state index < -0.39 is 26.5 Å². The Morgan fingerprint density at radius 1 is 0.875 bits per heavy atom. The molecule has 0 atom stereocenters. The number of hydrogen-bond acceptors (Lipinski definition) is 8. The molecule has 11 heteroatoms. The number of sulfone groups is 1. The minimum atomic E-state index is -3.69. The lowest BCUT2D eigenvalue weighted by Crippen LogP contribution is -2.17. The molecule has 40 heavy (non-hydrogen) atoms. The first-order valence-electron chi connectivity index (χ1n) is 11.9. The minimum absolute atomic E-state index is 0.0668. The highest BCUT2D eigenvalue weighted by Crippen LogP contribution is 2.37. The van der Waals surface area contributed by atoms with Crippen LogP contribution in [0, 0.1) is 10.1 Å². The fourth-order valence-corrected chi connectivity index (χ4v) is 5.47. The first kappa shape index (κ1) is 26.4. The molecule has 0 N–H and O–H groups in total. The molecule has 1 aromatic heterocycles. The molecule has 0 saturated carbocycles. The summed E-state index contributed by atoms with van der Waals surface area (Å²) in [4.78, 5) is 40.7. The van der Waals surface area contributed by atoms with Crippen LogP contribution < -0.4 is 0 Å². The second kappa shape index (κ2) is 10.2. The van der Waals surface area contributed by atoms with E-state index in [2.05, 4.69) is 5.16 Å². The Morgan fingerprint density at radius 2 is 1.57 bits per heavy atom. The van der Waals surface area contributed by atoms with Crippen LogP contribution in [0.25, 0.3) is 27.5 Å². The Kier molecular flexibility index (Phi) is 6.74. The van der Waals surface area contributed by atoms with Crippen LogP contribution in [0.15, 0.2) is 101 Å². The number of benzene rings is 4. The first-order chi connectivity index (χ1) is 19.1. The van der Waals surface area contributed by atoms with Gasteiger partial charge in [0.2, 0.25) is 5.78 Å². The van der Waals surface area contributed by atoms with Crippen molar-refractivity contribution in [1.29, 1.82) is 0 Å². The number of rotatable bonds is 7. The summed E-state index contributed by atoms with van der Waals surface area (Å²) in [5.41, 5.74) is 2.11. The van der Waals surface area contributed by atoms with Gasteiger partial charge >= 0.3 is 5.97 Å². The van der Waals surface area contributed by atoms with Gasteiger partial charge < -0.3 is 9.40 Å². The topological polar surface area (TPSA) is 138 Å². The van der Waals surface area contributed by atoms with E-state index in [0.717, 1.165) is 6.26 Å². The van der Waals surface area contributed by atoms with Crippen molar-refractivity contribution in [2.24, 2.45) is 5.16 Å². The highest BCUT2D eigenvalue weighted by Gasteiger charge is 2.23. The van der Waals surface area contributed by atoms with Crippen LogP contribution in [-0.4, -0.2) is 41.6 Å². The van der Waals surface area contributed by atoms with Gasteiger partial charge in [0.1, 0.15) is 0 Å². The minimum Gasteiger partial charge on any atom is -0.318 e. The highest BCUT2D eigenvalue weighted by molar-refractivity contribution is 7.91. The molecule has 4 aromatic carbocycles. The summed E-state index contributed by atoms with van der Waals surface area (Å²) in [6.45, 7) is 1.17. The first-order valence-corrected chi connectivity index (χ1v) is 13.8. The van der Waals surface area contributed by atoms with E-state index in [0.29, 0.717) is 33.1 Å². The largest absolute Gasteiger partial charge is 0.332 e. The second-order valence-electron chi connectivity index (χ2n) is 8.98. The zero-order valence-corrected chi connectivity index (χ0v) is 22.1. The van der Waals surface area contributed by atoms with E-state index in [1.54, 1.807) is 77.4 Å². The van der Waals surface area contributed by atoms with Crippen molar-refractivity contribution >= 4 is 54.8 Å². The SMILES string of the molecule is CC(=O)ON=C(C(=O)c1ccc2c(c1)c1c(S(C)(=O)=O)cccc1n2-c1ccc([N+](=O)[O-])cc1)c1ccccc1. The van der Waals surface area contributed by atoms with Gasteiger partial charge in [0.15, 0.2) is 15.5 Å². The van der Waals surface area contributed by atoms with E-state index in [1.807, 2.05) is 0 Å². The standard InChI is InChI=1S/C29H21N3O7S/c1-18(33)39-30-28(19-7-4-3-5-8-19)29(34)20-11-16-24-23(17-20)27-25(9-6-10-26(27)40(2,37)38)31(24)21-12-14-22(15-13-21)32(35)36/h3-17H,1-2H3. The molecule has 0 saturated heterocycles. The quantitative estimate of drug-likeness (QED) is 0.0879. The summed E-state index contributed by atoms with van der Waals surface area (Å²) in [5.74, 6) is -1.23. The Bertz CT molecular complexity index is 1960. The zero-order valence-electron chi connectivity index (χ0n) is 21.3. The molecule has 0 aliphatic rings. The normalized spacial score (nSPS) is 12.0. The Morgan fingerprint density at radius 3 is 2.20 bits per heavy atom. The molecule has 200 valence electrons. The predicted molar refractivity (Wildman–Crippen MR) is 150 cm³/mol. The molecule has 5 rings (SSSR count). The van der Waals surface area contributed by atoms with Crippen molar-refractivity contribution in [2.75, 3.05) is 6.26 Å². The number of carbonyl (C=O) groups excluding carboxylic acids is 2. The summed E-state index contributed by atoms with van der Waals surface area (Å²) < 4.78 is 27.4. The molecule has 0 aliphatic heterocycles. The maximum Gasteiger partial charge on any atom is 0.332 e. The number of nitro groups is 1. The van der Waals surface area contributed by atoms with Gasteiger partial charge in [0.05, 0.1) is 20.9 Å². The summed E-state index contributed by atoms with van der Waals surface area (Å²) in [7, 11) is -3.69. The molecule has 0 bridgehead atoms. The van der Waals surface area contributed by atoms with Crippen LogP contribution in [0.1, 0.15) is 22.8 Å². The maximum absolute atomic E-state index is 13.7. The molecule has 0 amide bonds. The van der Waals surface area contributed by atoms with Crippen molar-refractivity contribution in [3.63, 3.8) is 0 Å². The van der Waals surface area contributed by atoms with Crippen molar-refractivity contribution in [2.45, 2.75) is 11.8 Å². The molecule has 0 fully saturated rings. The number of nitro benzene ring substituents is 1. The van der Waals surface area contributed by atoms with Crippen LogP contribution in [0.2, 0.25) is 0 Å². The molecule has 5 aromatic rings. The zero-order chi connectivity index (χ0) is 28.6. The van der Waals surface area contributed by atoms with E-state index >= 15 is 0 Å². The Labute approximate surface area is 228 Å². The van der Waals surface area contributed by atoms with Crippen molar-refractivity contribution < 1.29 is 27.8 Å². The van der Waals surface area contributed by atoms with E-state index in [4.69, 9.17) is 4.84 Å². The molecular formula is C29H21N3O7S. The smallest absolute Gasteiger partial charge is 0.318 e. The molecule has 0 radical (unpaired) electrons. The third-order valence-corrected chi connectivity index (χ3v) is 7.40. The molecule has 0 aliphatic carbocycles. The van der Waals surface area contributed by atoms with Gasteiger partial charge in [-0.05, 0) is 42.5 Å². The maximum atomic E-state index is 13.7. The Hall–Kier alpha value is -5.16. The molecule has 1 heterocycles. The lowest BCUT2D eigenvalue weighted by Gasteiger charge is -2.09. The fourth-order valence-electron chi connectivity index (χ4n) is 4.56. The number of carbonyl (C=O) groups is 2. The third kappa shape index (κ3) is 4.85. The molecule has 0 unspecified atom stereocenters. The number of Topliss-reactive ketones (excluding diaryl/α,β-unsaturated/α-hetero) is 1. The van der Waals surface area contributed by atoms with Crippen molar-refractivity contribution in [1.82, 2.24) is 4.57 Å². The van der Waals surface area contributed by atoms with Gasteiger partial charge in [-0.1, -0.05) is 41.6 Å². The van der Waals surface area contributed by atoms with Gasteiger partial charge in [0, 0.05) is 52.9 Å². The van der Waals surface area contributed by atoms with Crippen LogP contribution in [-0.2, 0) is 19.5 Å². The number of non-ortho nitro benzene ring substituents is 1. The number of oxime groups is 1. The van der Waals surface area contributed by atoms with Gasteiger partial charge in [0.25, 0.3) is 5.69 Å². The number of aromatic nitrogens is 1. The summed E-state index contributed by atoms with van der Waals surface area (Å²) in [6.07, 6.45) is 1.10. The van der Waals surface area contributed by atoms with Crippen LogP contribution in [0.3, 0.4) is 0 Å². The van der Waals surface area contributed by atoms with E-state index in [1.165, 1.54) is 25.1 Å². The average Bonchev–Trinajstić information content (AvgIpc) is 3.26. The molecule has 0 spiro atoms. The summed E-state index contributed by atoms with van der Waals surface area (Å²) in [6, 6.07) is 24.0. The number of fused-ring (bicyclic) bond motifs is 3. The van der Waals surface area contributed by atoms with Crippen LogP contribution in [0.4, 0.5) is 5.69 Å². The third-order valence-electron chi connectivity index (χ3n) is 6.26. The van der Waals surface area contributed by atoms with Gasteiger partial charge in [-0.3, -0.25) is 14.9 Å². The van der Waals surface area contributed by atoms with Crippen LogP contribution in [0.5, 0.6) is 0 Å². The Balaban J connectivity index is 1.78. The fraction of sp³-hybridized carbons (Fsp3) is 0.0690. The predicted octanol–water partition coefficient (Wildman–Crippen LogP) is 5.25. The average molecular weight is 556 g/mol. The summed E-state index contributed by atoms with van der Waals surface area (Å²) >= 11 is 0. The molecular weight excluding hydrogens is 534 g/mol. The van der Waals surface area contributed by atoms with Crippen molar-refractivity contribution in [3.8, 4) is 5.69 Å². The van der Waals surface area contributed by atoms with Gasteiger partial charge in [-0.2, -0.15) is 0 Å². The highest BCUT2D eigenvalue weighted by atomic mass is 32.2. The molecule has 10 nitrogen and oxygen atoms in total. The number of hydrogen-bond donors (Lipinski definition) is 0. The summed E-state index contributed by atoms with van der Waals surface area (Å²) in [5, 5.41) is 15.9. The lowest BCUT2D eigenvalue weighted by molar-refractivity contribution is -0.384. The number of nitrogens with zero attached hydrogens (tertiary/aromatic N) is 3. The van der Waals surface area contributed by atoms with Gasteiger partial charge in [-0.15, -0.1) is 0 Å². The monoisotopic (exact) mass is 555 g/mol. The van der Waals surface area contributed by atoms with Crippen molar-refractivity contribution in [3.05, 3.63) is 112 Å². The number of ketones is 1. The van der Waals surface area contributed by atoms with E-state index in [9.17, 15) is 28.1 Å². The van der Waals surface area contributed by atoms with Gasteiger partial charge in [-0.25, -0.2) is 13.2 Å². The second-order valence-corrected chi connectivity index (χ2v) is 11.0. The van der Waals surface area contributed by atoms with Crippen LogP contribution >= 0.6 is 0 Å². The lowest BCUT2D eigenvalue weighted by atomic mass is 9.99.